The van der Waals surface area contributed by atoms with Crippen molar-refractivity contribution < 1.29 is 18.3 Å². The fourth-order valence-electron chi connectivity index (χ4n) is 1.99. The van der Waals surface area contributed by atoms with Crippen molar-refractivity contribution in [2.45, 2.75) is 18.9 Å². The van der Waals surface area contributed by atoms with Crippen LogP contribution in [-0.2, 0) is 12.8 Å². The predicted molar refractivity (Wildman–Crippen MR) is 73.9 cm³/mol. The van der Waals surface area contributed by atoms with Crippen LogP contribution >= 0.6 is 15.9 Å². The van der Waals surface area contributed by atoms with E-state index in [9.17, 15) is 18.3 Å². The van der Waals surface area contributed by atoms with E-state index in [0.29, 0.717) is 10.0 Å². The van der Waals surface area contributed by atoms with Crippen LogP contribution in [0.25, 0.3) is 0 Å². The van der Waals surface area contributed by atoms with Crippen molar-refractivity contribution in [2.75, 3.05) is 0 Å². The van der Waals surface area contributed by atoms with E-state index >= 15 is 0 Å². The zero-order chi connectivity index (χ0) is 14.7. The van der Waals surface area contributed by atoms with Gasteiger partial charge in [0.1, 0.15) is 5.82 Å². The molecule has 0 aliphatic heterocycles. The molecule has 0 radical (unpaired) electrons. The highest BCUT2D eigenvalue weighted by molar-refractivity contribution is 9.10. The van der Waals surface area contributed by atoms with E-state index < -0.39 is 23.6 Å². The van der Waals surface area contributed by atoms with Gasteiger partial charge in [-0.3, -0.25) is 0 Å². The predicted octanol–water partition coefficient (Wildman–Crippen LogP) is 4.01. The largest absolute Gasteiger partial charge is 0.392 e. The molecule has 5 heteroatoms. The minimum atomic E-state index is -0.991. The maximum Gasteiger partial charge on any atom is 0.162 e. The first-order valence-corrected chi connectivity index (χ1v) is 6.81. The standard InChI is InChI=1S/C15H12BrF3O/c16-11-4-5-13(17)10(6-11)8-12(20)7-9-2-1-3-14(18)15(9)19/h1-6,12,20H,7-8H2. The molecule has 106 valence electrons. The second-order valence-corrected chi connectivity index (χ2v) is 5.43. The van der Waals surface area contributed by atoms with Gasteiger partial charge in [0.2, 0.25) is 0 Å². The summed E-state index contributed by atoms with van der Waals surface area (Å²) in [7, 11) is 0. The van der Waals surface area contributed by atoms with Crippen LogP contribution < -0.4 is 0 Å². The van der Waals surface area contributed by atoms with Gasteiger partial charge in [-0.25, -0.2) is 13.2 Å². The monoisotopic (exact) mass is 344 g/mol. The lowest BCUT2D eigenvalue weighted by molar-refractivity contribution is 0.172. The molecule has 20 heavy (non-hydrogen) atoms. The fourth-order valence-corrected chi connectivity index (χ4v) is 2.39. The minimum Gasteiger partial charge on any atom is -0.392 e. The molecule has 2 rings (SSSR count). The van der Waals surface area contributed by atoms with Crippen molar-refractivity contribution in [3.63, 3.8) is 0 Å². The summed E-state index contributed by atoms with van der Waals surface area (Å²) in [4.78, 5) is 0. The molecule has 1 N–H and O–H groups in total. The van der Waals surface area contributed by atoms with Crippen molar-refractivity contribution in [1.82, 2.24) is 0 Å². The van der Waals surface area contributed by atoms with Gasteiger partial charge in [0.15, 0.2) is 11.6 Å². The van der Waals surface area contributed by atoms with Crippen LogP contribution in [0.5, 0.6) is 0 Å². The Morgan fingerprint density at radius 2 is 1.65 bits per heavy atom. The SMILES string of the molecule is OC(Cc1cc(Br)ccc1F)Cc1cccc(F)c1F. The molecule has 1 nitrogen and oxygen atoms in total. The van der Waals surface area contributed by atoms with Gasteiger partial charge in [-0.1, -0.05) is 28.1 Å². The Hall–Kier alpha value is -1.33. The van der Waals surface area contributed by atoms with E-state index in [4.69, 9.17) is 0 Å². The average molecular weight is 345 g/mol. The molecule has 0 saturated carbocycles. The van der Waals surface area contributed by atoms with Gasteiger partial charge in [0.05, 0.1) is 6.10 Å². The van der Waals surface area contributed by atoms with Crippen LogP contribution in [-0.4, -0.2) is 11.2 Å². The molecule has 0 aliphatic carbocycles. The number of benzene rings is 2. The summed E-state index contributed by atoms with van der Waals surface area (Å²) in [6.07, 6.45) is -1.04. The Balaban J connectivity index is 2.11. The van der Waals surface area contributed by atoms with Gasteiger partial charge in [-0.2, -0.15) is 0 Å². The number of rotatable bonds is 4. The van der Waals surface area contributed by atoms with Crippen molar-refractivity contribution in [1.29, 1.82) is 0 Å². The Kier molecular flexibility index (Phi) is 4.83. The molecule has 0 saturated heterocycles. The zero-order valence-electron chi connectivity index (χ0n) is 10.4. The van der Waals surface area contributed by atoms with E-state index in [1.54, 1.807) is 12.1 Å². The molecule has 0 bridgehead atoms. The number of hydrogen-bond acceptors (Lipinski definition) is 1. The Bertz CT molecular complexity index is 612. The van der Waals surface area contributed by atoms with Crippen molar-refractivity contribution in [3.05, 3.63) is 69.4 Å². The molecule has 2 aromatic carbocycles. The third-order valence-corrected chi connectivity index (χ3v) is 3.44. The molecule has 0 heterocycles. The Labute approximate surface area is 123 Å². The molecular formula is C15H12BrF3O. The average Bonchev–Trinajstić information content (AvgIpc) is 2.39. The van der Waals surface area contributed by atoms with Gasteiger partial charge in [-0.15, -0.1) is 0 Å². The van der Waals surface area contributed by atoms with Gasteiger partial charge in [0, 0.05) is 17.3 Å². The molecule has 2 aromatic rings. The highest BCUT2D eigenvalue weighted by Gasteiger charge is 2.14. The van der Waals surface area contributed by atoms with Crippen LogP contribution in [0, 0.1) is 17.5 Å². The smallest absolute Gasteiger partial charge is 0.162 e. The summed E-state index contributed by atoms with van der Waals surface area (Å²) < 4.78 is 40.8. The first-order valence-electron chi connectivity index (χ1n) is 6.02. The maximum atomic E-state index is 13.5. The molecular weight excluding hydrogens is 333 g/mol. The van der Waals surface area contributed by atoms with Crippen LogP contribution in [0.2, 0.25) is 0 Å². The third kappa shape index (κ3) is 3.61. The summed E-state index contributed by atoms with van der Waals surface area (Å²) in [6, 6.07) is 8.19. The summed E-state index contributed by atoms with van der Waals surface area (Å²) in [5.41, 5.74) is 0.400. The van der Waals surface area contributed by atoms with Gasteiger partial charge in [-0.05, 0) is 35.4 Å². The zero-order valence-corrected chi connectivity index (χ0v) is 12.0. The van der Waals surface area contributed by atoms with Gasteiger partial charge >= 0.3 is 0 Å². The Morgan fingerprint density at radius 1 is 0.950 bits per heavy atom. The maximum absolute atomic E-state index is 13.5. The second kappa shape index (κ2) is 6.41. The van der Waals surface area contributed by atoms with Crippen molar-refractivity contribution >= 4 is 15.9 Å². The van der Waals surface area contributed by atoms with E-state index in [1.807, 2.05) is 0 Å². The summed E-state index contributed by atoms with van der Waals surface area (Å²) in [6.45, 7) is 0. The highest BCUT2D eigenvalue weighted by Crippen LogP contribution is 2.19. The first kappa shape index (κ1) is 15.1. The van der Waals surface area contributed by atoms with Gasteiger partial charge < -0.3 is 5.11 Å². The van der Waals surface area contributed by atoms with Crippen LogP contribution in [0.4, 0.5) is 13.2 Å². The lowest BCUT2D eigenvalue weighted by atomic mass is 10.0. The van der Waals surface area contributed by atoms with Crippen LogP contribution in [0.3, 0.4) is 0 Å². The highest BCUT2D eigenvalue weighted by atomic mass is 79.9. The topological polar surface area (TPSA) is 20.2 Å². The molecule has 1 atom stereocenters. The molecule has 1 unspecified atom stereocenters. The number of hydrogen-bond donors (Lipinski definition) is 1. The second-order valence-electron chi connectivity index (χ2n) is 4.51. The van der Waals surface area contributed by atoms with Crippen molar-refractivity contribution in [3.8, 4) is 0 Å². The third-order valence-electron chi connectivity index (χ3n) is 2.95. The molecule has 0 aliphatic rings. The first-order chi connectivity index (χ1) is 9.47. The van der Waals surface area contributed by atoms with Crippen molar-refractivity contribution in [2.24, 2.45) is 0 Å². The lowest BCUT2D eigenvalue weighted by Gasteiger charge is -2.12. The fraction of sp³-hybridized carbons (Fsp3) is 0.200. The lowest BCUT2D eigenvalue weighted by Crippen LogP contribution is -2.16. The number of aliphatic hydroxyl groups excluding tert-OH is 1. The molecule has 0 spiro atoms. The summed E-state index contributed by atoms with van der Waals surface area (Å²) in [5.74, 6) is -2.36. The van der Waals surface area contributed by atoms with E-state index in [1.165, 1.54) is 18.2 Å². The molecule has 0 amide bonds. The summed E-state index contributed by atoms with van der Waals surface area (Å²) >= 11 is 3.22. The normalized spacial score (nSPS) is 12.4. The van der Waals surface area contributed by atoms with E-state index in [0.717, 1.165) is 6.07 Å². The van der Waals surface area contributed by atoms with E-state index in [2.05, 4.69) is 15.9 Å². The van der Waals surface area contributed by atoms with E-state index in [-0.39, 0.29) is 18.4 Å². The van der Waals surface area contributed by atoms with Crippen LogP contribution in [0.1, 0.15) is 11.1 Å². The Morgan fingerprint density at radius 3 is 2.40 bits per heavy atom. The summed E-state index contributed by atoms with van der Waals surface area (Å²) in [5, 5.41) is 9.92. The quantitative estimate of drug-likeness (QED) is 0.888. The number of aliphatic hydroxyl groups is 1. The van der Waals surface area contributed by atoms with Gasteiger partial charge in [0.25, 0.3) is 0 Å². The minimum absolute atomic E-state index is 0.0290. The molecule has 0 aromatic heterocycles. The molecule has 0 fully saturated rings. The van der Waals surface area contributed by atoms with Crippen LogP contribution in [0.15, 0.2) is 40.9 Å². The number of halogens is 4.